The molecule has 2 atom stereocenters. The van der Waals surface area contributed by atoms with Crippen LogP contribution in [0.4, 0.5) is 0 Å². The van der Waals surface area contributed by atoms with Gasteiger partial charge in [-0.25, -0.2) is 0 Å². The second kappa shape index (κ2) is 7.24. The van der Waals surface area contributed by atoms with Crippen molar-refractivity contribution in [3.8, 4) is 17.6 Å². The fourth-order valence-corrected chi connectivity index (χ4v) is 2.13. The van der Waals surface area contributed by atoms with E-state index in [2.05, 4.69) is 64.7 Å². The van der Waals surface area contributed by atoms with E-state index in [0.29, 0.717) is 17.8 Å². The minimum absolute atomic E-state index is 0.381. The zero-order chi connectivity index (χ0) is 14.4. The van der Waals surface area contributed by atoms with Gasteiger partial charge in [0.2, 0.25) is 0 Å². The summed E-state index contributed by atoms with van der Waals surface area (Å²) >= 11 is 0. The summed E-state index contributed by atoms with van der Waals surface area (Å²) in [5, 5.41) is 0. The maximum Gasteiger partial charge on any atom is 0.119 e. The SMILES string of the molecule is CC#CC(C)C(C)c1ccc(OCC(C)C)cc1C. The van der Waals surface area contributed by atoms with Gasteiger partial charge in [-0.3, -0.25) is 0 Å². The zero-order valence-corrected chi connectivity index (χ0v) is 13.1. The molecule has 1 rings (SSSR count). The van der Waals surface area contributed by atoms with Gasteiger partial charge in [-0.15, -0.1) is 5.92 Å². The lowest BCUT2D eigenvalue weighted by Gasteiger charge is -2.19. The molecule has 1 nitrogen and oxygen atoms in total. The fraction of sp³-hybridized carbons (Fsp3) is 0.556. The topological polar surface area (TPSA) is 9.23 Å². The Labute approximate surface area is 118 Å². The van der Waals surface area contributed by atoms with Crippen LogP contribution < -0.4 is 4.74 Å². The summed E-state index contributed by atoms with van der Waals surface area (Å²) in [6.45, 7) is 13.6. The van der Waals surface area contributed by atoms with E-state index in [-0.39, 0.29) is 0 Å². The third-order valence-electron chi connectivity index (χ3n) is 3.44. The van der Waals surface area contributed by atoms with Gasteiger partial charge < -0.3 is 4.74 Å². The first-order valence-corrected chi connectivity index (χ1v) is 7.11. The molecule has 1 aromatic carbocycles. The van der Waals surface area contributed by atoms with Crippen LogP contribution in [0.1, 0.15) is 51.7 Å². The van der Waals surface area contributed by atoms with E-state index < -0.39 is 0 Å². The van der Waals surface area contributed by atoms with Crippen LogP contribution in [0, 0.1) is 30.6 Å². The lowest BCUT2D eigenvalue weighted by Crippen LogP contribution is -2.07. The second-order valence-electron chi connectivity index (χ2n) is 5.69. The minimum Gasteiger partial charge on any atom is -0.493 e. The predicted molar refractivity (Wildman–Crippen MR) is 82.5 cm³/mol. The Bertz CT molecular complexity index is 462. The van der Waals surface area contributed by atoms with Crippen molar-refractivity contribution in [1.82, 2.24) is 0 Å². The molecule has 0 amide bonds. The monoisotopic (exact) mass is 258 g/mol. The molecule has 1 aromatic rings. The van der Waals surface area contributed by atoms with E-state index in [1.807, 2.05) is 6.92 Å². The van der Waals surface area contributed by atoms with Gasteiger partial charge in [-0.05, 0) is 48.9 Å². The van der Waals surface area contributed by atoms with Crippen LogP contribution in [0.15, 0.2) is 18.2 Å². The first-order chi connectivity index (χ1) is 8.95. The molecule has 0 aliphatic rings. The molecular weight excluding hydrogens is 232 g/mol. The molecule has 0 saturated carbocycles. The summed E-state index contributed by atoms with van der Waals surface area (Å²) in [4.78, 5) is 0. The standard InChI is InChI=1S/C18H26O/c1-7-8-14(4)16(6)18-10-9-17(11-15(18)5)19-12-13(2)3/h9-11,13-14,16H,12H2,1-6H3. The first kappa shape index (κ1) is 15.6. The highest BCUT2D eigenvalue weighted by atomic mass is 16.5. The van der Waals surface area contributed by atoms with Gasteiger partial charge in [0, 0.05) is 5.92 Å². The van der Waals surface area contributed by atoms with Crippen LogP contribution in [0.3, 0.4) is 0 Å². The van der Waals surface area contributed by atoms with E-state index in [4.69, 9.17) is 4.74 Å². The zero-order valence-electron chi connectivity index (χ0n) is 13.1. The molecule has 0 aliphatic carbocycles. The average molecular weight is 258 g/mol. The van der Waals surface area contributed by atoms with Gasteiger partial charge in [0.15, 0.2) is 0 Å². The number of rotatable bonds is 5. The van der Waals surface area contributed by atoms with E-state index >= 15 is 0 Å². The molecule has 19 heavy (non-hydrogen) atoms. The smallest absolute Gasteiger partial charge is 0.119 e. The van der Waals surface area contributed by atoms with Gasteiger partial charge in [0.05, 0.1) is 6.61 Å². The maximum atomic E-state index is 5.76. The van der Waals surface area contributed by atoms with Gasteiger partial charge in [-0.1, -0.05) is 39.7 Å². The lowest BCUT2D eigenvalue weighted by atomic mass is 9.87. The number of aryl methyl sites for hydroxylation is 1. The maximum absolute atomic E-state index is 5.76. The van der Waals surface area contributed by atoms with Gasteiger partial charge in [-0.2, -0.15) is 0 Å². The van der Waals surface area contributed by atoms with Crippen molar-refractivity contribution in [2.45, 2.75) is 47.5 Å². The summed E-state index contributed by atoms with van der Waals surface area (Å²) in [5.41, 5.74) is 2.66. The predicted octanol–water partition coefficient (Wildman–Crippen LogP) is 4.79. The van der Waals surface area contributed by atoms with E-state index in [1.165, 1.54) is 11.1 Å². The lowest BCUT2D eigenvalue weighted by molar-refractivity contribution is 0.271. The van der Waals surface area contributed by atoms with Crippen molar-refractivity contribution in [2.75, 3.05) is 6.61 Å². The highest BCUT2D eigenvalue weighted by Gasteiger charge is 2.14. The largest absolute Gasteiger partial charge is 0.493 e. The summed E-state index contributed by atoms with van der Waals surface area (Å²) in [6, 6.07) is 6.40. The van der Waals surface area contributed by atoms with Gasteiger partial charge in [0.1, 0.15) is 5.75 Å². The normalized spacial score (nSPS) is 13.6. The third kappa shape index (κ3) is 4.63. The van der Waals surface area contributed by atoms with Crippen LogP contribution in [0.5, 0.6) is 5.75 Å². The summed E-state index contributed by atoms with van der Waals surface area (Å²) in [7, 11) is 0. The Hall–Kier alpha value is -1.42. The molecule has 0 aromatic heterocycles. The highest BCUT2D eigenvalue weighted by Crippen LogP contribution is 2.29. The fourth-order valence-electron chi connectivity index (χ4n) is 2.13. The second-order valence-corrected chi connectivity index (χ2v) is 5.69. The van der Waals surface area contributed by atoms with Crippen molar-refractivity contribution in [2.24, 2.45) is 11.8 Å². The number of hydrogen-bond donors (Lipinski definition) is 0. The Balaban J connectivity index is 2.84. The number of benzene rings is 1. The molecule has 2 unspecified atom stereocenters. The molecule has 0 bridgehead atoms. The third-order valence-corrected chi connectivity index (χ3v) is 3.44. The van der Waals surface area contributed by atoms with Crippen molar-refractivity contribution in [3.05, 3.63) is 29.3 Å². The van der Waals surface area contributed by atoms with Crippen LogP contribution in [0.25, 0.3) is 0 Å². The molecule has 0 radical (unpaired) electrons. The summed E-state index contributed by atoms with van der Waals surface area (Å²) < 4.78 is 5.76. The number of ether oxygens (including phenoxy) is 1. The van der Waals surface area contributed by atoms with Crippen LogP contribution >= 0.6 is 0 Å². The van der Waals surface area contributed by atoms with E-state index in [9.17, 15) is 0 Å². The first-order valence-electron chi connectivity index (χ1n) is 7.11. The van der Waals surface area contributed by atoms with Crippen molar-refractivity contribution < 1.29 is 4.74 Å². The molecule has 0 fully saturated rings. The van der Waals surface area contributed by atoms with Gasteiger partial charge >= 0.3 is 0 Å². The molecule has 0 aliphatic heterocycles. The highest BCUT2D eigenvalue weighted by molar-refractivity contribution is 5.37. The van der Waals surface area contributed by atoms with E-state index in [0.717, 1.165) is 12.4 Å². The Morgan fingerprint density at radius 1 is 1.16 bits per heavy atom. The quantitative estimate of drug-likeness (QED) is 0.690. The number of hydrogen-bond acceptors (Lipinski definition) is 1. The molecule has 0 heterocycles. The van der Waals surface area contributed by atoms with Crippen molar-refractivity contribution >= 4 is 0 Å². The minimum atomic E-state index is 0.381. The molecule has 104 valence electrons. The van der Waals surface area contributed by atoms with Crippen LogP contribution in [-0.2, 0) is 0 Å². The molecule has 0 N–H and O–H groups in total. The Morgan fingerprint density at radius 2 is 1.84 bits per heavy atom. The Kier molecular flexibility index (Phi) is 5.96. The Morgan fingerprint density at radius 3 is 2.37 bits per heavy atom. The molecule has 0 spiro atoms. The van der Waals surface area contributed by atoms with Crippen molar-refractivity contribution in [3.63, 3.8) is 0 Å². The molecule has 1 heteroatoms. The molecule has 0 saturated heterocycles. The molecular formula is C18H26O. The van der Waals surface area contributed by atoms with Crippen LogP contribution in [-0.4, -0.2) is 6.61 Å². The van der Waals surface area contributed by atoms with Gasteiger partial charge in [0.25, 0.3) is 0 Å². The van der Waals surface area contributed by atoms with Crippen molar-refractivity contribution in [1.29, 1.82) is 0 Å². The van der Waals surface area contributed by atoms with E-state index in [1.54, 1.807) is 0 Å². The average Bonchev–Trinajstić information content (AvgIpc) is 2.36. The van der Waals surface area contributed by atoms with Crippen LogP contribution in [0.2, 0.25) is 0 Å². The summed E-state index contributed by atoms with van der Waals surface area (Å²) in [6.07, 6.45) is 0. The summed E-state index contributed by atoms with van der Waals surface area (Å²) in [5.74, 6) is 8.61.